The number of carboxylic acids is 1. The van der Waals surface area contributed by atoms with E-state index in [1.807, 2.05) is 0 Å². The third kappa shape index (κ3) is 2.79. The molecule has 18 heavy (non-hydrogen) atoms. The number of carbonyl (C=O) groups is 1. The van der Waals surface area contributed by atoms with Crippen molar-refractivity contribution in [2.24, 2.45) is 0 Å². The Morgan fingerprint density at radius 2 is 2.06 bits per heavy atom. The summed E-state index contributed by atoms with van der Waals surface area (Å²) in [6, 6.07) is 6.23. The Labute approximate surface area is 104 Å². The number of aromatic carboxylic acids is 1. The highest BCUT2D eigenvalue weighted by atomic mass is 16.5. The van der Waals surface area contributed by atoms with Crippen molar-refractivity contribution in [1.29, 1.82) is 0 Å². The van der Waals surface area contributed by atoms with Crippen LogP contribution >= 0.6 is 0 Å². The van der Waals surface area contributed by atoms with Crippen molar-refractivity contribution in [2.75, 3.05) is 11.9 Å². The highest BCUT2D eigenvalue weighted by molar-refractivity contribution is 5.87. The van der Waals surface area contributed by atoms with Gasteiger partial charge in [-0.3, -0.25) is 0 Å². The fourth-order valence-electron chi connectivity index (χ4n) is 1.88. The van der Waals surface area contributed by atoms with E-state index in [-0.39, 0.29) is 18.4 Å². The molecule has 1 aliphatic heterocycles. The quantitative estimate of drug-likeness (QED) is 0.614. The molecule has 0 radical (unpaired) electrons. The summed E-state index contributed by atoms with van der Waals surface area (Å²) in [5.41, 5.74) is 0.914. The lowest BCUT2D eigenvalue weighted by molar-refractivity contribution is -0.0149. The van der Waals surface area contributed by atoms with E-state index in [1.54, 1.807) is 12.1 Å². The van der Waals surface area contributed by atoms with Crippen molar-refractivity contribution in [3.8, 4) is 0 Å². The van der Waals surface area contributed by atoms with Gasteiger partial charge in [-0.15, -0.1) is 0 Å². The van der Waals surface area contributed by atoms with Crippen molar-refractivity contribution < 1.29 is 24.9 Å². The van der Waals surface area contributed by atoms with Crippen molar-refractivity contribution in [3.63, 3.8) is 0 Å². The van der Waals surface area contributed by atoms with Crippen LogP contribution in [0.25, 0.3) is 0 Å². The number of ether oxygens (including phenoxy) is 1. The van der Waals surface area contributed by atoms with E-state index in [0.717, 1.165) is 0 Å². The molecule has 0 saturated carbocycles. The molecule has 1 aromatic rings. The molecule has 1 fully saturated rings. The second kappa shape index (κ2) is 5.34. The highest BCUT2D eigenvalue weighted by Gasteiger charge is 2.33. The van der Waals surface area contributed by atoms with E-state index in [0.29, 0.717) is 12.1 Å². The molecule has 3 atom stereocenters. The number of hydrogen-bond donors (Lipinski definition) is 4. The maximum absolute atomic E-state index is 10.7. The van der Waals surface area contributed by atoms with Crippen LogP contribution in [-0.4, -0.2) is 46.3 Å². The maximum atomic E-state index is 10.7. The van der Waals surface area contributed by atoms with Crippen LogP contribution < -0.4 is 5.32 Å². The van der Waals surface area contributed by atoms with Crippen molar-refractivity contribution in [1.82, 2.24) is 0 Å². The predicted octanol–water partition coefficient (Wildman–Crippen LogP) is 0.265. The molecule has 0 bridgehead atoms. The van der Waals surface area contributed by atoms with Crippen LogP contribution in [0.3, 0.4) is 0 Å². The zero-order valence-electron chi connectivity index (χ0n) is 9.61. The van der Waals surface area contributed by atoms with Gasteiger partial charge in [0.25, 0.3) is 0 Å². The lowest BCUT2D eigenvalue weighted by Gasteiger charge is -2.14. The first-order chi connectivity index (χ1) is 8.60. The normalized spacial score (nSPS) is 27.1. The van der Waals surface area contributed by atoms with Gasteiger partial charge in [0.2, 0.25) is 0 Å². The summed E-state index contributed by atoms with van der Waals surface area (Å²) in [4.78, 5) is 10.7. The van der Waals surface area contributed by atoms with Gasteiger partial charge in [0.15, 0.2) is 0 Å². The summed E-state index contributed by atoms with van der Waals surface area (Å²) in [5.74, 6) is -0.977. The molecule has 4 N–H and O–H groups in total. The predicted molar refractivity (Wildman–Crippen MR) is 63.4 cm³/mol. The number of anilines is 1. The van der Waals surface area contributed by atoms with Crippen LogP contribution in [0.5, 0.6) is 0 Å². The molecule has 0 spiro atoms. The van der Waals surface area contributed by atoms with Crippen LogP contribution in [0.1, 0.15) is 16.8 Å². The van der Waals surface area contributed by atoms with E-state index in [4.69, 9.17) is 14.9 Å². The molecular weight excluding hydrogens is 238 g/mol. The number of rotatable bonds is 4. The second-order valence-corrected chi connectivity index (χ2v) is 4.18. The van der Waals surface area contributed by atoms with Gasteiger partial charge in [-0.25, -0.2) is 4.79 Å². The molecule has 1 heterocycles. The molecule has 6 nitrogen and oxygen atoms in total. The summed E-state index contributed by atoms with van der Waals surface area (Å²) in [5, 5.41) is 30.3. The molecule has 1 aromatic carbocycles. The number of aliphatic hydroxyl groups excluding tert-OH is 2. The van der Waals surface area contributed by atoms with E-state index in [9.17, 15) is 9.90 Å². The fourth-order valence-corrected chi connectivity index (χ4v) is 1.88. The highest BCUT2D eigenvalue weighted by Crippen LogP contribution is 2.22. The molecule has 1 aliphatic rings. The Kier molecular flexibility index (Phi) is 3.81. The summed E-state index contributed by atoms with van der Waals surface area (Å²) in [6.07, 6.45) is -1.26. The minimum absolute atomic E-state index is 0.209. The van der Waals surface area contributed by atoms with Crippen molar-refractivity contribution in [3.05, 3.63) is 29.8 Å². The molecule has 1 saturated heterocycles. The average Bonchev–Trinajstić information content (AvgIpc) is 2.70. The number of carboxylic acid groups (broad SMARTS) is 1. The summed E-state index contributed by atoms with van der Waals surface area (Å²) in [6.45, 7) is -0.225. The molecule has 0 aromatic heterocycles. The first kappa shape index (κ1) is 12.8. The number of nitrogens with one attached hydrogen (secondary N) is 1. The van der Waals surface area contributed by atoms with Crippen LogP contribution in [0, 0.1) is 0 Å². The van der Waals surface area contributed by atoms with Gasteiger partial charge in [0.05, 0.1) is 18.3 Å². The number of benzene rings is 1. The zero-order valence-corrected chi connectivity index (χ0v) is 9.61. The summed E-state index contributed by atoms with van der Waals surface area (Å²) < 4.78 is 5.38. The van der Waals surface area contributed by atoms with Gasteiger partial charge < -0.3 is 25.4 Å². The molecule has 0 amide bonds. The van der Waals surface area contributed by atoms with E-state index in [2.05, 4.69) is 5.32 Å². The Morgan fingerprint density at radius 3 is 2.56 bits per heavy atom. The monoisotopic (exact) mass is 253 g/mol. The second-order valence-electron chi connectivity index (χ2n) is 4.18. The topological polar surface area (TPSA) is 99.0 Å². The number of aliphatic hydroxyl groups is 2. The smallest absolute Gasteiger partial charge is 0.335 e. The van der Waals surface area contributed by atoms with Gasteiger partial charge in [-0.2, -0.15) is 0 Å². The van der Waals surface area contributed by atoms with E-state index in [1.165, 1.54) is 12.1 Å². The van der Waals surface area contributed by atoms with Gasteiger partial charge in [0.1, 0.15) is 12.3 Å². The fraction of sp³-hybridized carbons (Fsp3) is 0.417. The maximum Gasteiger partial charge on any atom is 0.335 e. The first-order valence-corrected chi connectivity index (χ1v) is 5.64. The largest absolute Gasteiger partial charge is 0.478 e. The summed E-state index contributed by atoms with van der Waals surface area (Å²) in [7, 11) is 0. The van der Waals surface area contributed by atoms with Gasteiger partial charge in [-0.1, -0.05) is 0 Å². The minimum Gasteiger partial charge on any atom is -0.478 e. The van der Waals surface area contributed by atoms with E-state index < -0.39 is 18.2 Å². The summed E-state index contributed by atoms with van der Waals surface area (Å²) >= 11 is 0. The first-order valence-electron chi connectivity index (χ1n) is 5.64. The van der Waals surface area contributed by atoms with Gasteiger partial charge >= 0.3 is 5.97 Å². The Hall–Kier alpha value is -1.63. The molecule has 98 valence electrons. The van der Waals surface area contributed by atoms with Crippen LogP contribution in [0.15, 0.2) is 24.3 Å². The standard InChI is InChI=1S/C12H15NO5/c14-6-10-9(15)5-11(18-10)13-8-3-1-7(2-4-8)12(16)17/h1-4,9-11,13-15H,5-6H2,(H,16,17)/t9-,10-,11+/m0/s1. The molecular formula is C12H15NO5. The number of hydrogen-bond acceptors (Lipinski definition) is 5. The Balaban J connectivity index is 1.96. The zero-order chi connectivity index (χ0) is 13.1. The lowest BCUT2D eigenvalue weighted by atomic mass is 10.2. The van der Waals surface area contributed by atoms with Crippen LogP contribution in [-0.2, 0) is 4.74 Å². The third-order valence-electron chi connectivity index (χ3n) is 2.86. The van der Waals surface area contributed by atoms with Gasteiger partial charge in [-0.05, 0) is 24.3 Å². The van der Waals surface area contributed by atoms with Crippen LogP contribution in [0.4, 0.5) is 5.69 Å². The average molecular weight is 253 g/mol. The molecule has 0 unspecified atom stereocenters. The molecule has 6 heteroatoms. The van der Waals surface area contributed by atoms with Crippen molar-refractivity contribution >= 4 is 11.7 Å². The van der Waals surface area contributed by atoms with E-state index >= 15 is 0 Å². The Bertz CT molecular complexity index is 419. The van der Waals surface area contributed by atoms with Crippen molar-refractivity contribution in [2.45, 2.75) is 24.9 Å². The molecule has 2 rings (SSSR count). The minimum atomic E-state index is -0.977. The third-order valence-corrected chi connectivity index (χ3v) is 2.86. The lowest BCUT2D eigenvalue weighted by Crippen LogP contribution is -2.25. The molecule has 0 aliphatic carbocycles. The van der Waals surface area contributed by atoms with Crippen LogP contribution in [0.2, 0.25) is 0 Å². The van der Waals surface area contributed by atoms with Gasteiger partial charge in [0, 0.05) is 12.1 Å². The Morgan fingerprint density at radius 1 is 1.39 bits per heavy atom. The SMILES string of the molecule is O=C(O)c1ccc(N[C@H]2C[C@H](O)[C@H](CO)O2)cc1.